The minimum absolute atomic E-state index is 0.209. The average molecular weight is 398 g/mol. The molecule has 0 spiro atoms. The number of hydrogen-bond donors (Lipinski definition) is 2. The van der Waals surface area contributed by atoms with Gasteiger partial charge < -0.3 is 24.3 Å². The second-order valence-corrected chi connectivity index (χ2v) is 7.98. The van der Waals surface area contributed by atoms with Crippen molar-refractivity contribution < 1.29 is 19.7 Å². The minimum Gasteiger partial charge on any atom is -0.493 e. The van der Waals surface area contributed by atoms with Gasteiger partial charge in [-0.2, -0.15) is 0 Å². The topological polar surface area (TPSA) is 103 Å². The Morgan fingerprint density at radius 3 is 2.62 bits per heavy atom. The number of aromatic nitrogens is 4. The zero-order chi connectivity index (χ0) is 20.6. The molecule has 1 aromatic rings. The number of fused-ring (bicyclic) bond motifs is 1. The molecule has 8 heteroatoms. The monoisotopic (exact) mass is 398 g/mol. The predicted molar refractivity (Wildman–Crippen MR) is 106 cm³/mol. The van der Waals surface area contributed by atoms with Crippen LogP contribution in [0.15, 0.2) is 24.5 Å². The molecule has 4 rings (SSSR count). The van der Waals surface area contributed by atoms with Crippen LogP contribution in [0, 0.1) is 0 Å². The molecule has 0 amide bonds. The van der Waals surface area contributed by atoms with Gasteiger partial charge in [-0.15, -0.1) is 0 Å². The van der Waals surface area contributed by atoms with Crippen LogP contribution < -0.4 is 9.47 Å². The van der Waals surface area contributed by atoms with Crippen LogP contribution in [0.4, 0.5) is 0 Å². The molecule has 1 aromatic carbocycles. The number of ether oxygens (including phenoxy) is 2. The number of benzene rings is 1. The second-order valence-electron chi connectivity index (χ2n) is 7.98. The fourth-order valence-electron chi connectivity index (χ4n) is 3.61. The summed E-state index contributed by atoms with van der Waals surface area (Å²) in [6, 6.07) is 5.82. The van der Waals surface area contributed by atoms with E-state index in [9.17, 15) is 10.2 Å². The van der Waals surface area contributed by atoms with Crippen LogP contribution in [0.2, 0.25) is 0 Å². The van der Waals surface area contributed by atoms with Crippen molar-refractivity contribution >= 4 is 0 Å². The first-order valence-electron chi connectivity index (χ1n) is 9.83. The number of nitrogens with zero attached hydrogens (tertiary/aromatic N) is 4. The van der Waals surface area contributed by atoms with Crippen LogP contribution in [0.25, 0.3) is 11.5 Å². The van der Waals surface area contributed by atoms with Crippen LogP contribution in [0.1, 0.15) is 50.9 Å². The van der Waals surface area contributed by atoms with Gasteiger partial charge in [0.15, 0.2) is 28.8 Å². The van der Waals surface area contributed by atoms with Crippen LogP contribution in [0.3, 0.4) is 0 Å². The van der Waals surface area contributed by atoms with Crippen molar-refractivity contribution in [3.05, 3.63) is 35.9 Å². The predicted octanol–water partition coefficient (Wildman–Crippen LogP) is 3.09. The summed E-state index contributed by atoms with van der Waals surface area (Å²) < 4.78 is 13.4. The molecule has 1 saturated carbocycles. The highest BCUT2D eigenvalue weighted by atomic mass is 16.5. The lowest BCUT2D eigenvalue weighted by Crippen LogP contribution is -2.17. The first-order chi connectivity index (χ1) is 13.8. The SMILES string of the molecule is COc1ccc(Cn2cnc(O)c3nc(C(C)(C)O)nc2-3)cc1OC1CCCC1. The maximum Gasteiger partial charge on any atom is 0.242 e. The zero-order valence-electron chi connectivity index (χ0n) is 16.9. The highest BCUT2D eigenvalue weighted by Crippen LogP contribution is 2.34. The van der Waals surface area contributed by atoms with Gasteiger partial charge in [0, 0.05) is 0 Å². The fourth-order valence-corrected chi connectivity index (χ4v) is 3.61. The van der Waals surface area contributed by atoms with Gasteiger partial charge in [0.25, 0.3) is 0 Å². The molecule has 2 heterocycles. The van der Waals surface area contributed by atoms with E-state index in [1.807, 2.05) is 18.2 Å². The average Bonchev–Trinajstić information content (AvgIpc) is 3.34. The number of methoxy groups -OCH3 is 1. The summed E-state index contributed by atoms with van der Waals surface area (Å²) in [5, 5.41) is 20.3. The molecule has 1 fully saturated rings. The van der Waals surface area contributed by atoms with Gasteiger partial charge in [-0.1, -0.05) is 6.07 Å². The quantitative estimate of drug-likeness (QED) is 0.658. The molecule has 0 atom stereocenters. The van der Waals surface area contributed by atoms with Crippen molar-refractivity contribution in [1.29, 1.82) is 0 Å². The van der Waals surface area contributed by atoms with Crippen LogP contribution in [-0.4, -0.2) is 42.9 Å². The summed E-state index contributed by atoms with van der Waals surface area (Å²) in [4.78, 5) is 12.7. The Bertz CT molecular complexity index is 973. The van der Waals surface area contributed by atoms with E-state index in [1.54, 1.807) is 25.5 Å². The molecule has 2 aliphatic heterocycles. The molecule has 29 heavy (non-hydrogen) atoms. The van der Waals surface area contributed by atoms with E-state index in [1.165, 1.54) is 19.2 Å². The number of imidazole rings is 1. The Balaban J connectivity index is 1.66. The maximum atomic E-state index is 10.2. The number of rotatable bonds is 6. The molecule has 0 radical (unpaired) electrons. The van der Waals surface area contributed by atoms with E-state index in [2.05, 4.69) is 15.0 Å². The standard InChI is InChI=1S/C21H26N4O4/c1-21(2,27)20-23-17-18(24-20)25(12-22-19(17)26)11-13-8-9-15(28-3)16(10-13)29-14-6-4-5-7-14/h8-10,12,14,26-27H,4-7,11H2,1-3H3. The highest BCUT2D eigenvalue weighted by molar-refractivity contribution is 5.58. The van der Waals surface area contributed by atoms with Crippen LogP contribution in [-0.2, 0) is 12.1 Å². The summed E-state index contributed by atoms with van der Waals surface area (Å²) in [6.45, 7) is 3.66. The molecular weight excluding hydrogens is 372 g/mol. The highest BCUT2D eigenvalue weighted by Gasteiger charge is 2.28. The molecule has 1 aliphatic carbocycles. The summed E-state index contributed by atoms with van der Waals surface area (Å²) >= 11 is 0. The van der Waals surface area contributed by atoms with E-state index in [-0.39, 0.29) is 23.5 Å². The molecule has 2 N–H and O–H groups in total. The van der Waals surface area contributed by atoms with E-state index in [0.717, 1.165) is 24.2 Å². The number of hydrogen-bond acceptors (Lipinski definition) is 7. The van der Waals surface area contributed by atoms with Crippen LogP contribution >= 0.6 is 0 Å². The number of aromatic hydroxyl groups is 1. The third-order valence-corrected chi connectivity index (χ3v) is 5.17. The van der Waals surface area contributed by atoms with Gasteiger partial charge in [0.2, 0.25) is 5.88 Å². The third kappa shape index (κ3) is 3.98. The van der Waals surface area contributed by atoms with E-state index in [0.29, 0.717) is 18.1 Å². The Labute approximate surface area is 169 Å². The van der Waals surface area contributed by atoms with E-state index in [4.69, 9.17) is 9.47 Å². The molecule has 154 valence electrons. The van der Waals surface area contributed by atoms with Crippen molar-refractivity contribution in [3.8, 4) is 28.9 Å². The van der Waals surface area contributed by atoms with Gasteiger partial charge in [-0.05, 0) is 57.2 Å². The Morgan fingerprint density at radius 2 is 1.93 bits per heavy atom. The van der Waals surface area contributed by atoms with E-state index >= 15 is 0 Å². The first kappa shape index (κ1) is 19.4. The van der Waals surface area contributed by atoms with Crippen molar-refractivity contribution in [1.82, 2.24) is 19.5 Å². The van der Waals surface area contributed by atoms with Gasteiger partial charge >= 0.3 is 0 Å². The molecule has 0 aromatic heterocycles. The number of aliphatic hydroxyl groups is 1. The summed E-state index contributed by atoms with van der Waals surface area (Å²) in [7, 11) is 1.64. The molecule has 8 nitrogen and oxygen atoms in total. The smallest absolute Gasteiger partial charge is 0.242 e. The Morgan fingerprint density at radius 1 is 1.17 bits per heavy atom. The van der Waals surface area contributed by atoms with E-state index < -0.39 is 5.60 Å². The van der Waals surface area contributed by atoms with Crippen molar-refractivity contribution in [2.75, 3.05) is 7.11 Å². The van der Waals surface area contributed by atoms with Gasteiger partial charge in [0.1, 0.15) is 11.9 Å². The molecule has 0 saturated heterocycles. The van der Waals surface area contributed by atoms with Gasteiger partial charge in [-0.25, -0.2) is 15.0 Å². The van der Waals surface area contributed by atoms with Crippen molar-refractivity contribution in [2.24, 2.45) is 0 Å². The third-order valence-electron chi connectivity index (χ3n) is 5.17. The molecule has 0 unspecified atom stereocenters. The lowest BCUT2D eigenvalue weighted by molar-refractivity contribution is 0.0698. The lowest BCUT2D eigenvalue weighted by Gasteiger charge is -2.17. The van der Waals surface area contributed by atoms with Gasteiger partial charge in [0.05, 0.1) is 19.8 Å². The molecular formula is C21H26N4O4. The van der Waals surface area contributed by atoms with Gasteiger partial charge in [-0.3, -0.25) is 0 Å². The lowest BCUT2D eigenvalue weighted by atomic mass is 10.1. The largest absolute Gasteiger partial charge is 0.493 e. The summed E-state index contributed by atoms with van der Waals surface area (Å²) in [5.41, 5.74) is 0.0251. The fraction of sp³-hybridized carbons (Fsp3) is 0.476. The molecule has 0 bridgehead atoms. The Kier molecular flexibility index (Phi) is 5.04. The first-order valence-corrected chi connectivity index (χ1v) is 9.83. The summed E-state index contributed by atoms with van der Waals surface area (Å²) in [5.74, 6) is 1.93. The Hall–Kier alpha value is -2.87. The molecule has 3 aliphatic rings. The normalized spacial score (nSPS) is 15.2. The van der Waals surface area contributed by atoms with Crippen molar-refractivity contribution in [3.63, 3.8) is 0 Å². The van der Waals surface area contributed by atoms with Crippen molar-refractivity contribution in [2.45, 2.75) is 57.8 Å². The maximum absolute atomic E-state index is 10.2. The minimum atomic E-state index is -1.22. The second kappa shape index (κ2) is 7.51. The van der Waals surface area contributed by atoms with Crippen LogP contribution in [0.5, 0.6) is 17.4 Å². The zero-order valence-corrected chi connectivity index (χ0v) is 16.9. The summed E-state index contributed by atoms with van der Waals surface area (Å²) in [6.07, 6.45) is 6.25.